The lowest BCUT2D eigenvalue weighted by atomic mass is 9.93. The zero-order valence-corrected chi connectivity index (χ0v) is 15.7. The Morgan fingerprint density at radius 1 is 1.12 bits per heavy atom. The largest absolute Gasteiger partial charge is 0.490 e. The van der Waals surface area contributed by atoms with Gasteiger partial charge in [-0.15, -0.1) is 0 Å². The van der Waals surface area contributed by atoms with Crippen LogP contribution in [0.1, 0.15) is 45.2 Å². The number of ether oxygens (including phenoxy) is 3. The second kappa shape index (κ2) is 9.12. The molecule has 0 aliphatic carbocycles. The van der Waals surface area contributed by atoms with E-state index in [0.717, 1.165) is 12.0 Å². The van der Waals surface area contributed by atoms with E-state index in [2.05, 4.69) is 10.6 Å². The number of methoxy groups -OCH3 is 1. The molecule has 1 aliphatic heterocycles. The van der Waals surface area contributed by atoms with E-state index in [1.807, 2.05) is 26.8 Å². The molecule has 0 spiro atoms. The van der Waals surface area contributed by atoms with Crippen LogP contribution in [0.4, 0.5) is 4.79 Å². The quantitative estimate of drug-likeness (QED) is 0.694. The van der Waals surface area contributed by atoms with Crippen LogP contribution in [0.2, 0.25) is 0 Å². The minimum absolute atomic E-state index is 0.349. The number of hydrogen-bond acceptors (Lipinski definition) is 5. The molecule has 7 nitrogen and oxygen atoms in total. The monoisotopic (exact) mass is 362 g/mol. The number of hydrogen-bond donors (Lipinski definition) is 2. The number of rotatable bonds is 8. The van der Waals surface area contributed by atoms with Crippen molar-refractivity contribution in [2.45, 2.75) is 39.7 Å². The van der Waals surface area contributed by atoms with Crippen LogP contribution >= 0.6 is 0 Å². The molecule has 2 N–H and O–H groups in total. The van der Waals surface area contributed by atoms with Gasteiger partial charge >= 0.3 is 12.0 Å². The molecule has 0 aromatic heterocycles. The molecule has 1 aliphatic rings. The van der Waals surface area contributed by atoms with Crippen LogP contribution in [-0.4, -0.2) is 32.3 Å². The van der Waals surface area contributed by atoms with Crippen molar-refractivity contribution in [2.75, 3.05) is 20.3 Å². The SMILES string of the molecule is CCCC1=C(C(=O)OC)C(c2ccc(OCC)c(OCC)c2)NC(=O)N1. The Morgan fingerprint density at radius 3 is 2.42 bits per heavy atom. The van der Waals surface area contributed by atoms with E-state index in [-0.39, 0.29) is 6.03 Å². The molecule has 1 aromatic carbocycles. The number of carbonyl (C=O) groups excluding carboxylic acids is 2. The van der Waals surface area contributed by atoms with E-state index in [4.69, 9.17) is 14.2 Å². The summed E-state index contributed by atoms with van der Waals surface area (Å²) in [5.74, 6) is 0.717. The molecular formula is C19H26N2O5. The number of esters is 1. The first-order valence-corrected chi connectivity index (χ1v) is 8.84. The van der Waals surface area contributed by atoms with E-state index in [9.17, 15) is 9.59 Å². The van der Waals surface area contributed by atoms with Crippen LogP contribution in [0, 0.1) is 0 Å². The highest BCUT2D eigenvalue weighted by Gasteiger charge is 2.33. The van der Waals surface area contributed by atoms with Crippen molar-refractivity contribution in [1.29, 1.82) is 0 Å². The third-order valence-corrected chi connectivity index (χ3v) is 3.96. The molecule has 0 bridgehead atoms. The van der Waals surface area contributed by atoms with Gasteiger partial charge in [-0.2, -0.15) is 0 Å². The minimum atomic E-state index is -0.618. The van der Waals surface area contributed by atoms with Gasteiger partial charge in [0.1, 0.15) is 0 Å². The Kier molecular flexibility index (Phi) is 6.89. The van der Waals surface area contributed by atoms with Gasteiger partial charge in [0.25, 0.3) is 0 Å². The fourth-order valence-electron chi connectivity index (χ4n) is 2.91. The summed E-state index contributed by atoms with van der Waals surface area (Å²) in [4.78, 5) is 24.5. The van der Waals surface area contributed by atoms with Gasteiger partial charge in [-0.05, 0) is 38.0 Å². The molecule has 1 atom stereocenters. The maximum absolute atomic E-state index is 12.4. The van der Waals surface area contributed by atoms with Crippen molar-refractivity contribution < 1.29 is 23.8 Å². The highest BCUT2D eigenvalue weighted by Crippen LogP contribution is 2.35. The van der Waals surface area contributed by atoms with Gasteiger partial charge in [-0.1, -0.05) is 19.4 Å². The maximum Gasteiger partial charge on any atom is 0.337 e. The summed E-state index contributed by atoms with van der Waals surface area (Å²) >= 11 is 0. The molecule has 0 radical (unpaired) electrons. The van der Waals surface area contributed by atoms with Gasteiger partial charge in [-0.25, -0.2) is 9.59 Å². The number of nitrogens with one attached hydrogen (secondary N) is 2. The second-order valence-electron chi connectivity index (χ2n) is 5.74. The molecule has 0 saturated carbocycles. The van der Waals surface area contributed by atoms with Crippen LogP contribution in [0.15, 0.2) is 29.5 Å². The molecule has 0 saturated heterocycles. The molecular weight excluding hydrogens is 336 g/mol. The molecule has 0 fully saturated rings. The third-order valence-electron chi connectivity index (χ3n) is 3.96. The topological polar surface area (TPSA) is 85.9 Å². The summed E-state index contributed by atoms with van der Waals surface area (Å²) in [6.45, 7) is 6.75. The smallest absolute Gasteiger partial charge is 0.337 e. The molecule has 1 unspecified atom stereocenters. The van der Waals surface area contributed by atoms with Gasteiger partial charge in [0, 0.05) is 5.70 Å². The molecule has 26 heavy (non-hydrogen) atoms. The number of allylic oxidation sites excluding steroid dienone is 1. The summed E-state index contributed by atoms with van der Waals surface area (Å²) < 4.78 is 16.2. The summed E-state index contributed by atoms with van der Waals surface area (Å²) in [5.41, 5.74) is 1.71. The predicted octanol–water partition coefficient (Wildman–Crippen LogP) is 3.07. The van der Waals surface area contributed by atoms with E-state index in [1.165, 1.54) is 7.11 Å². The first-order valence-electron chi connectivity index (χ1n) is 8.84. The summed E-state index contributed by atoms with van der Waals surface area (Å²) in [6, 6.07) is 4.42. The summed E-state index contributed by atoms with van der Waals surface area (Å²) in [5, 5.41) is 5.53. The van der Waals surface area contributed by atoms with E-state index in [1.54, 1.807) is 12.1 Å². The molecule has 1 aromatic rings. The predicted molar refractivity (Wildman–Crippen MR) is 97.1 cm³/mol. The number of urea groups is 1. The lowest BCUT2D eigenvalue weighted by molar-refractivity contribution is -0.136. The van der Waals surface area contributed by atoms with E-state index < -0.39 is 12.0 Å². The van der Waals surface area contributed by atoms with Crippen molar-refractivity contribution in [2.24, 2.45) is 0 Å². The van der Waals surface area contributed by atoms with Crippen molar-refractivity contribution in [3.05, 3.63) is 35.0 Å². The Hall–Kier alpha value is -2.70. The van der Waals surface area contributed by atoms with Crippen molar-refractivity contribution in [1.82, 2.24) is 10.6 Å². The van der Waals surface area contributed by atoms with Crippen molar-refractivity contribution in [3.8, 4) is 11.5 Å². The number of carbonyl (C=O) groups is 2. The highest BCUT2D eigenvalue weighted by molar-refractivity contribution is 5.95. The van der Waals surface area contributed by atoms with Crippen LogP contribution in [0.5, 0.6) is 11.5 Å². The molecule has 2 amide bonds. The normalized spacial score (nSPS) is 16.6. The molecule has 142 valence electrons. The van der Waals surface area contributed by atoms with Gasteiger partial charge < -0.3 is 24.8 Å². The highest BCUT2D eigenvalue weighted by atomic mass is 16.5. The average Bonchev–Trinajstić information content (AvgIpc) is 2.63. The van der Waals surface area contributed by atoms with Crippen molar-refractivity contribution >= 4 is 12.0 Å². The lowest BCUT2D eigenvalue weighted by Gasteiger charge is -2.29. The van der Waals surface area contributed by atoms with Crippen LogP contribution in [0.3, 0.4) is 0 Å². The Labute approximate surface area is 153 Å². The van der Waals surface area contributed by atoms with Gasteiger partial charge in [0.2, 0.25) is 0 Å². The zero-order chi connectivity index (χ0) is 19.1. The van der Waals surface area contributed by atoms with Crippen LogP contribution in [-0.2, 0) is 9.53 Å². The Balaban J connectivity index is 2.52. The number of benzene rings is 1. The molecule has 2 rings (SSSR count). The van der Waals surface area contributed by atoms with E-state index in [0.29, 0.717) is 42.4 Å². The third kappa shape index (κ3) is 4.28. The standard InChI is InChI=1S/C19H26N2O5/c1-5-8-13-16(18(22)24-4)17(21-19(23)20-13)12-9-10-14(25-6-2)15(11-12)26-7-3/h9-11,17H,5-8H2,1-4H3,(H2,20,21,23). The van der Waals surface area contributed by atoms with Crippen LogP contribution in [0.25, 0.3) is 0 Å². The maximum atomic E-state index is 12.4. The van der Waals surface area contributed by atoms with E-state index >= 15 is 0 Å². The zero-order valence-electron chi connectivity index (χ0n) is 15.7. The van der Waals surface area contributed by atoms with Crippen LogP contribution < -0.4 is 20.1 Å². The van der Waals surface area contributed by atoms with Gasteiger partial charge in [0.15, 0.2) is 11.5 Å². The Morgan fingerprint density at radius 2 is 1.81 bits per heavy atom. The number of amides is 2. The fourth-order valence-corrected chi connectivity index (χ4v) is 2.91. The van der Waals surface area contributed by atoms with Gasteiger partial charge in [0.05, 0.1) is 31.9 Å². The summed E-state index contributed by atoms with van der Waals surface area (Å²) in [6.07, 6.45) is 1.36. The minimum Gasteiger partial charge on any atom is -0.490 e. The first kappa shape index (κ1) is 19.6. The summed E-state index contributed by atoms with van der Waals surface area (Å²) in [7, 11) is 1.33. The van der Waals surface area contributed by atoms with Gasteiger partial charge in [-0.3, -0.25) is 0 Å². The first-order chi connectivity index (χ1) is 12.5. The molecule has 7 heteroatoms. The second-order valence-corrected chi connectivity index (χ2v) is 5.74. The fraction of sp³-hybridized carbons (Fsp3) is 0.474. The lowest BCUT2D eigenvalue weighted by Crippen LogP contribution is -2.45. The Bertz CT molecular complexity index is 699. The average molecular weight is 362 g/mol. The molecule has 1 heterocycles. The van der Waals surface area contributed by atoms with Crippen molar-refractivity contribution in [3.63, 3.8) is 0 Å².